The third-order valence-corrected chi connectivity index (χ3v) is 2.73. The lowest BCUT2D eigenvalue weighted by atomic mass is 10.2. The number of aryl methyl sites for hydroxylation is 1. The van der Waals surface area contributed by atoms with Crippen molar-refractivity contribution >= 4 is 29.1 Å². The van der Waals surface area contributed by atoms with Crippen LogP contribution in [0.3, 0.4) is 0 Å². The minimum Gasteiger partial charge on any atom is -0.368 e. The van der Waals surface area contributed by atoms with Crippen LogP contribution in [0, 0.1) is 6.92 Å². The topological polar surface area (TPSA) is 63.8 Å². The summed E-state index contributed by atoms with van der Waals surface area (Å²) in [7, 11) is 0. The summed E-state index contributed by atoms with van der Waals surface area (Å²) in [6.07, 6.45) is -4.59. The molecule has 0 atom stereocenters. The van der Waals surface area contributed by atoms with Crippen molar-refractivity contribution in [3.05, 3.63) is 40.5 Å². The third kappa shape index (κ3) is 3.30. The summed E-state index contributed by atoms with van der Waals surface area (Å²) in [5, 5.41) is 3.21. The van der Waals surface area contributed by atoms with Gasteiger partial charge in [0.25, 0.3) is 0 Å². The fraction of sp³-hybridized carbons (Fsp3) is 0.167. The minimum atomic E-state index is -4.59. The molecule has 0 spiro atoms. The fourth-order valence-corrected chi connectivity index (χ4v) is 1.71. The molecule has 0 radical (unpaired) electrons. The first kappa shape index (κ1) is 14.4. The van der Waals surface area contributed by atoms with Crippen molar-refractivity contribution in [2.45, 2.75) is 13.1 Å². The van der Waals surface area contributed by atoms with Crippen molar-refractivity contribution in [1.29, 1.82) is 0 Å². The Balaban J connectivity index is 2.39. The predicted octanol–water partition coefficient (Wildman–Crippen LogP) is 3.78. The summed E-state index contributed by atoms with van der Waals surface area (Å²) in [6.45, 7) is 1.79. The molecule has 8 heteroatoms. The van der Waals surface area contributed by atoms with Crippen LogP contribution in [-0.2, 0) is 6.18 Å². The van der Waals surface area contributed by atoms with Crippen molar-refractivity contribution in [2.24, 2.45) is 0 Å². The molecule has 20 heavy (non-hydrogen) atoms. The van der Waals surface area contributed by atoms with Crippen LogP contribution in [0.1, 0.15) is 11.3 Å². The van der Waals surface area contributed by atoms with Crippen LogP contribution in [0.25, 0.3) is 0 Å². The maximum absolute atomic E-state index is 12.6. The second kappa shape index (κ2) is 5.16. The first-order valence-corrected chi connectivity index (χ1v) is 5.88. The van der Waals surface area contributed by atoms with Crippen molar-refractivity contribution in [2.75, 3.05) is 11.1 Å². The molecule has 0 bridgehead atoms. The maximum atomic E-state index is 12.6. The smallest absolute Gasteiger partial charge is 0.368 e. The lowest BCUT2D eigenvalue weighted by Gasteiger charge is -2.12. The van der Waals surface area contributed by atoms with Gasteiger partial charge in [0.1, 0.15) is 5.82 Å². The van der Waals surface area contributed by atoms with Crippen molar-refractivity contribution in [3.8, 4) is 0 Å². The Kier molecular flexibility index (Phi) is 3.71. The van der Waals surface area contributed by atoms with Crippen LogP contribution in [-0.4, -0.2) is 9.97 Å². The van der Waals surface area contributed by atoms with E-state index in [1.165, 1.54) is 0 Å². The van der Waals surface area contributed by atoms with E-state index in [-0.39, 0.29) is 5.82 Å². The second-order valence-electron chi connectivity index (χ2n) is 4.08. The number of alkyl halides is 3. The third-order valence-electron chi connectivity index (χ3n) is 2.50. The largest absolute Gasteiger partial charge is 0.433 e. The first-order chi connectivity index (χ1) is 9.25. The number of nitrogens with zero attached hydrogens (tertiary/aromatic N) is 2. The lowest BCUT2D eigenvalue weighted by Crippen LogP contribution is -2.12. The lowest BCUT2D eigenvalue weighted by molar-refractivity contribution is -0.141. The number of aromatic nitrogens is 2. The summed E-state index contributed by atoms with van der Waals surface area (Å²) >= 11 is 5.84. The van der Waals surface area contributed by atoms with Crippen LogP contribution in [0.15, 0.2) is 24.3 Å². The van der Waals surface area contributed by atoms with Crippen LogP contribution in [0.5, 0.6) is 0 Å². The molecule has 0 aliphatic carbocycles. The van der Waals surface area contributed by atoms with E-state index < -0.39 is 17.8 Å². The SMILES string of the molecule is Cc1ccc(Cl)cc1Nc1cc(C(F)(F)F)nc(N)n1. The van der Waals surface area contributed by atoms with E-state index in [1.807, 2.05) is 0 Å². The van der Waals surface area contributed by atoms with Gasteiger partial charge in [-0.15, -0.1) is 0 Å². The zero-order valence-corrected chi connectivity index (χ0v) is 11.0. The van der Waals surface area contributed by atoms with Gasteiger partial charge >= 0.3 is 6.18 Å². The molecule has 1 aromatic heterocycles. The quantitative estimate of drug-likeness (QED) is 0.886. The highest BCUT2D eigenvalue weighted by molar-refractivity contribution is 6.30. The highest BCUT2D eigenvalue weighted by Gasteiger charge is 2.33. The monoisotopic (exact) mass is 302 g/mol. The molecular formula is C12H10ClF3N4. The van der Waals surface area contributed by atoms with E-state index in [2.05, 4.69) is 15.3 Å². The van der Waals surface area contributed by atoms with Crippen LogP contribution in [0.4, 0.5) is 30.6 Å². The zero-order chi connectivity index (χ0) is 14.9. The van der Waals surface area contributed by atoms with Gasteiger partial charge in [-0.3, -0.25) is 0 Å². The average Bonchev–Trinajstić information content (AvgIpc) is 2.32. The molecule has 0 saturated carbocycles. The van der Waals surface area contributed by atoms with Gasteiger partial charge in [-0.05, 0) is 24.6 Å². The molecule has 2 rings (SSSR count). The van der Waals surface area contributed by atoms with E-state index in [0.717, 1.165) is 11.6 Å². The number of anilines is 3. The summed E-state index contributed by atoms with van der Waals surface area (Å²) in [5.74, 6) is -0.503. The standard InChI is InChI=1S/C12H10ClF3N4/c1-6-2-3-7(13)4-8(6)18-10-5-9(12(14,15)16)19-11(17)20-10/h2-5H,1H3,(H3,17,18,19,20). The van der Waals surface area contributed by atoms with Crippen LogP contribution >= 0.6 is 11.6 Å². The molecule has 3 N–H and O–H groups in total. The molecule has 1 aromatic carbocycles. The number of benzene rings is 1. The van der Waals surface area contributed by atoms with E-state index in [1.54, 1.807) is 25.1 Å². The number of halogens is 4. The fourth-order valence-electron chi connectivity index (χ4n) is 1.54. The normalized spacial score (nSPS) is 11.4. The molecule has 0 aliphatic rings. The van der Waals surface area contributed by atoms with Gasteiger partial charge in [0, 0.05) is 16.8 Å². The molecule has 0 fully saturated rings. The Morgan fingerprint density at radius 2 is 1.90 bits per heavy atom. The van der Waals surface area contributed by atoms with Gasteiger partial charge in [-0.1, -0.05) is 17.7 Å². The molecule has 106 valence electrons. The Bertz CT molecular complexity index is 643. The van der Waals surface area contributed by atoms with Crippen molar-refractivity contribution in [1.82, 2.24) is 9.97 Å². The first-order valence-electron chi connectivity index (χ1n) is 5.50. The minimum absolute atomic E-state index is 0.0461. The number of hydrogen-bond donors (Lipinski definition) is 2. The van der Waals surface area contributed by atoms with E-state index >= 15 is 0 Å². The van der Waals surface area contributed by atoms with Gasteiger partial charge in [0.15, 0.2) is 5.69 Å². The Morgan fingerprint density at radius 3 is 2.55 bits per heavy atom. The average molecular weight is 303 g/mol. The highest BCUT2D eigenvalue weighted by atomic mass is 35.5. The summed E-state index contributed by atoms with van der Waals surface area (Å²) in [6, 6.07) is 5.79. The van der Waals surface area contributed by atoms with Crippen molar-refractivity contribution < 1.29 is 13.2 Å². The van der Waals surface area contributed by atoms with Gasteiger partial charge in [-0.25, -0.2) is 4.98 Å². The maximum Gasteiger partial charge on any atom is 0.433 e. The Hall–Kier alpha value is -2.02. The van der Waals surface area contributed by atoms with E-state index in [9.17, 15) is 13.2 Å². The molecule has 4 nitrogen and oxygen atoms in total. The summed E-state index contributed by atoms with van der Waals surface area (Å²) in [4.78, 5) is 6.89. The molecule has 1 heterocycles. The number of nitrogens with two attached hydrogens (primary N) is 1. The molecule has 0 amide bonds. The molecule has 0 unspecified atom stereocenters. The van der Waals surface area contributed by atoms with Gasteiger partial charge in [-0.2, -0.15) is 18.2 Å². The van der Waals surface area contributed by atoms with Gasteiger partial charge in [0.05, 0.1) is 0 Å². The second-order valence-corrected chi connectivity index (χ2v) is 4.52. The van der Waals surface area contributed by atoms with Gasteiger partial charge < -0.3 is 11.1 Å². The number of nitrogens with one attached hydrogen (secondary N) is 1. The number of rotatable bonds is 2. The van der Waals surface area contributed by atoms with Crippen molar-refractivity contribution in [3.63, 3.8) is 0 Å². The van der Waals surface area contributed by atoms with Crippen LogP contribution < -0.4 is 11.1 Å². The van der Waals surface area contributed by atoms with E-state index in [4.69, 9.17) is 17.3 Å². The zero-order valence-electron chi connectivity index (χ0n) is 10.3. The molecular weight excluding hydrogens is 293 g/mol. The highest BCUT2D eigenvalue weighted by Crippen LogP contribution is 2.30. The molecule has 0 aliphatic heterocycles. The van der Waals surface area contributed by atoms with E-state index in [0.29, 0.717) is 10.7 Å². The summed E-state index contributed by atoms with van der Waals surface area (Å²) in [5.41, 5.74) is 5.54. The van der Waals surface area contributed by atoms with Crippen LogP contribution in [0.2, 0.25) is 5.02 Å². The molecule has 0 saturated heterocycles. The Labute approximate surface area is 117 Å². The Morgan fingerprint density at radius 1 is 1.20 bits per heavy atom. The number of nitrogen functional groups attached to an aromatic ring is 1. The van der Waals surface area contributed by atoms with Gasteiger partial charge in [0.2, 0.25) is 5.95 Å². The molecule has 2 aromatic rings. The number of hydrogen-bond acceptors (Lipinski definition) is 4. The predicted molar refractivity (Wildman–Crippen MR) is 70.9 cm³/mol. The summed E-state index contributed by atoms with van der Waals surface area (Å²) < 4.78 is 37.9.